The number of hydrogen-bond donors (Lipinski definition) is 9. The van der Waals surface area contributed by atoms with Crippen LogP contribution in [0.5, 0.6) is 5.75 Å². The molecule has 10 rings (SSSR count). The van der Waals surface area contributed by atoms with Gasteiger partial charge in [-0.15, -0.1) is 0 Å². The quantitative estimate of drug-likeness (QED) is 0.0619. The van der Waals surface area contributed by atoms with Gasteiger partial charge < -0.3 is 65.0 Å². The van der Waals surface area contributed by atoms with Gasteiger partial charge in [0.05, 0.1) is 53.7 Å². The largest absolute Gasteiger partial charge is 0.508 e. The first-order chi connectivity index (χ1) is 32.9. The van der Waals surface area contributed by atoms with Crippen molar-refractivity contribution < 1.29 is 64.0 Å². The lowest BCUT2D eigenvalue weighted by Gasteiger charge is -2.68. The van der Waals surface area contributed by atoms with E-state index < -0.39 is 77.0 Å². The summed E-state index contributed by atoms with van der Waals surface area (Å²) in [6.45, 7) is 5.22. The van der Waals surface area contributed by atoms with Gasteiger partial charge in [0.1, 0.15) is 23.7 Å². The molecule has 18 heteroatoms. The van der Waals surface area contributed by atoms with Gasteiger partial charge in [0.2, 0.25) is 0 Å². The summed E-state index contributed by atoms with van der Waals surface area (Å²) in [5.74, 6) is -2.89. The van der Waals surface area contributed by atoms with Crippen LogP contribution in [0.3, 0.4) is 0 Å². The highest BCUT2D eigenvalue weighted by molar-refractivity contribution is 7.80. The Hall–Kier alpha value is -5.02. The van der Waals surface area contributed by atoms with Gasteiger partial charge in [-0.05, 0) is 111 Å². The molecule has 9 N–H and O–H groups in total. The number of aliphatic hydroxyl groups is 5. The molecule has 1 saturated heterocycles. The number of hydrogen-bond acceptors (Lipinski definition) is 15. The first-order valence-corrected chi connectivity index (χ1v) is 24.2. The van der Waals surface area contributed by atoms with E-state index in [0.717, 1.165) is 5.57 Å². The maximum Gasteiger partial charge on any atom is 0.336 e. The Labute approximate surface area is 403 Å². The third kappa shape index (κ3) is 7.83. The number of thiocarbonyl (C=S) groups is 1. The number of carbonyl (C=O) groups is 2. The molecule has 0 amide bonds. The number of phenolic OH excluding ortho intramolecular Hbond substituents is 1. The Morgan fingerprint density at radius 1 is 1.01 bits per heavy atom. The maximum atomic E-state index is 12.8. The van der Waals surface area contributed by atoms with Gasteiger partial charge in [0, 0.05) is 90.3 Å². The van der Waals surface area contributed by atoms with Crippen LogP contribution in [-0.2, 0) is 19.0 Å². The van der Waals surface area contributed by atoms with Gasteiger partial charge in [-0.25, -0.2) is 9.59 Å². The SMILES string of the molecule is CC1COC(O[C@H]2C[C@@H](O)[C@]3(CO)[C@H]4[C@H](O)C[C@]5(C)[C@@H](C6=CC(=O)OC6)CC[C@]5(O)[C@@H]4CC[C@]3(O)C2)CN1CCNC(=S)Nc1ccc(-c2c3ccc(=O)cc-3oc3cc(O)ccc23)c(C(=O)O)c1. The van der Waals surface area contributed by atoms with E-state index in [1.807, 2.05) is 13.8 Å². The number of cyclic esters (lactones) is 1. The lowest BCUT2D eigenvalue weighted by Crippen LogP contribution is -2.76. The summed E-state index contributed by atoms with van der Waals surface area (Å²) in [7, 11) is 0. The van der Waals surface area contributed by atoms with Crippen LogP contribution in [-0.4, -0.2) is 139 Å². The molecule has 2 aromatic carbocycles. The maximum absolute atomic E-state index is 12.8. The van der Waals surface area contributed by atoms with Gasteiger partial charge >= 0.3 is 11.9 Å². The number of carbonyl (C=O) groups excluding carboxylic acids is 1. The minimum atomic E-state index is -1.61. The molecule has 17 nitrogen and oxygen atoms in total. The number of aromatic hydroxyl groups is 1. The van der Waals surface area contributed by atoms with Gasteiger partial charge in [0.25, 0.3) is 0 Å². The zero-order valence-electron chi connectivity index (χ0n) is 38.4. The lowest BCUT2D eigenvalue weighted by atomic mass is 9.40. The molecule has 5 aliphatic carbocycles. The molecule has 8 aliphatic rings. The summed E-state index contributed by atoms with van der Waals surface area (Å²) < 4.78 is 23.8. The van der Waals surface area contributed by atoms with Crippen LogP contribution < -0.4 is 16.1 Å². The van der Waals surface area contributed by atoms with Crippen LogP contribution in [0.25, 0.3) is 33.4 Å². The summed E-state index contributed by atoms with van der Waals surface area (Å²) in [5.41, 5.74) is -2.54. The number of anilines is 1. The molecule has 69 heavy (non-hydrogen) atoms. The standard InChI is InChI=1S/C51H59N3O14S/c1-26-23-66-43(67-31-19-41(59)50(25-55)45-37(9-11-49(50,63)20-31)51(64)12-10-36(27-15-42(60)65-24-27)48(51,2)21-38(45)58)22-54(26)14-13-52-47(69)53-28-3-6-32(35(16-28)46(61)62)44-33-7-4-29(56)17-39(33)68-40-18-30(57)5-8-34(40)44/h3-8,15-18,26,31,36-38,41,43,45,55-56,58-59,63-64H,9-14,19-25H2,1-2H3,(H,61,62)(H2,52,53,69)/t26?,31-,36+,37+,38+,41+,43?,45+,48+,49-,50+,51-/m0/s1. The predicted octanol–water partition coefficient (Wildman–Crippen LogP) is 3.97. The molecule has 0 radical (unpaired) electrons. The van der Waals surface area contributed by atoms with Gasteiger partial charge in [0.15, 0.2) is 16.8 Å². The number of carboxylic acid groups (broad SMARTS) is 1. The van der Waals surface area contributed by atoms with Crippen LogP contribution in [0, 0.1) is 28.6 Å². The number of aliphatic hydroxyl groups excluding tert-OH is 3. The molecule has 12 atom stereocenters. The van der Waals surface area contributed by atoms with E-state index in [-0.39, 0.29) is 77.4 Å². The second-order valence-corrected chi connectivity index (χ2v) is 20.9. The van der Waals surface area contributed by atoms with Crippen molar-refractivity contribution in [2.24, 2.45) is 28.6 Å². The Bertz CT molecular complexity index is 2770. The number of nitrogens with one attached hydrogen (secondary N) is 2. The highest BCUT2D eigenvalue weighted by Crippen LogP contribution is 2.70. The zero-order valence-corrected chi connectivity index (χ0v) is 39.2. The number of morpholine rings is 1. The molecule has 368 valence electrons. The number of phenols is 1. The van der Waals surface area contributed by atoms with Crippen molar-refractivity contribution in [2.45, 2.75) is 101 Å². The van der Waals surface area contributed by atoms with Crippen molar-refractivity contribution in [1.29, 1.82) is 0 Å². The molecule has 0 aromatic heterocycles. The Morgan fingerprint density at radius 2 is 1.81 bits per heavy atom. The fourth-order valence-electron chi connectivity index (χ4n) is 13.8. The Balaban J connectivity index is 0.775. The van der Waals surface area contributed by atoms with Crippen LogP contribution in [0.15, 0.2) is 75.5 Å². The van der Waals surface area contributed by atoms with E-state index in [1.165, 1.54) is 36.4 Å². The predicted molar refractivity (Wildman–Crippen MR) is 254 cm³/mol. The summed E-state index contributed by atoms with van der Waals surface area (Å²) in [6.07, 6.45) is -0.238. The monoisotopic (exact) mass is 969 g/mol. The number of ether oxygens (including phenoxy) is 3. The minimum Gasteiger partial charge on any atom is -0.508 e. The third-order valence-electron chi connectivity index (χ3n) is 17.0. The van der Waals surface area contributed by atoms with Crippen molar-refractivity contribution in [2.75, 3.05) is 44.8 Å². The number of esters is 1. The summed E-state index contributed by atoms with van der Waals surface area (Å²) >= 11 is 5.63. The average Bonchev–Trinajstić information content (AvgIpc) is 3.84. The highest BCUT2D eigenvalue weighted by atomic mass is 32.1. The number of rotatable bonds is 10. The van der Waals surface area contributed by atoms with Crippen LogP contribution in [0.4, 0.5) is 5.69 Å². The van der Waals surface area contributed by atoms with Gasteiger partial charge in [-0.2, -0.15) is 0 Å². The van der Waals surface area contributed by atoms with E-state index in [4.69, 9.17) is 30.8 Å². The molecule has 0 bridgehead atoms. The van der Waals surface area contributed by atoms with Crippen LogP contribution in [0.2, 0.25) is 0 Å². The smallest absolute Gasteiger partial charge is 0.336 e. The van der Waals surface area contributed by atoms with Crippen molar-refractivity contribution in [3.8, 4) is 28.2 Å². The van der Waals surface area contributed by atoms with Crippen LogP contribution >= 0.6 is 12.2 Å². The van der Waals surface area contributed by atoms with Crippen molar-refractivity contribution in [3.63, 3.8) is 0 Å². The topological polar surface area (TPSA) is 261 Å². The van der Waals surface area contributed by atoms with E-state index in [0.29, 0.717) is 73.3 Å². The summed E-state index contributed by atoms with van der Waals surface area (Å²) in [6, 6.07) is 13.7. The van der Waals surface area contributed by atoms with Crippen molar-refractivity contribution in [1.82, 2.24) is 10.2 Å². The van der Waals surface area contributed by atoms with Crippen molar-refractivity contribution in [3.05, 3.63) is 82.0 Å². The second-order valence-electron chi connectivity index (χ2n) is 20.5. The normalized spacial score (nSPS) is 35.5. The molecular weight excluding hydrogens is 911 g/mol. The number of fused-ring (bicyclic) bond motifs is 7. The molecule has 3 heterocycles. The zero-order chi connectivity index (χ0) is 48.8. The number of aromatic carboxylic acids is 1. The van der Waals surface area contributed by atoms with E-state index in [1.54, 1.807) is 24.3 Å². The third-order valence-corrected chi connectivity index (χ3v) is 17.3. The van der Waals surface area contributed by atoms with Gasteiger partial charge in [-0.1, -0.05) is 13.0 Å². The first kappa shape index (κ1) is 47.6. The molecule has 5 fully saturated rings. The van der Waals surface area contributed by atoms with Gasteiger partial charge in [-0.3, -0.25) is 9.69 Å². The van der Waals surface area contributed by atoms with Crippen LogP contribution in [0.1, 0.15) is 69.2 Å². The number of carboxylic acids is 1. The summed E-state index contributed by atoms with van der Waals surface area (Å²) in [5, 5.41) is 88.3. The molecule has 0 spiro atoms. The molecule has 2 unspecified atom stereocenters. The minimum absolute atomic E-state index is 0.0110. The number of nitrogens with zero attached hydrogens (tertiary/aromatic N) is 1. The van der Waals surface area contributed by atoms with Crippen molar-refractivity contribution >= 4 is 45.9 Å². The Morgan fingerprint density at radius 3 is 2.57 bits per heavy atom. The first-order valence-electron chi connectivity index (χ1n) is 23.8. The Kier molecular flexibility index (Phi) is 12.2. The highest BCUT2D eigenvalue weighted by Gasteiger charge is 2.75. The number of benzene rings is 3. The second kappa shape index (κ2) is 17.7. The summed E-state index contributed by atoms with van der Waals surface area (Å²) in [4.78, 5) is 39.2. The van der Waals surface area contributed by atoms with E-state index >= 15 is 0 Å². The molecule has 4 saturated carbocycles. The fraction of sp³-hybridized carbons (Fsp3) is 0.529. The lowest BCUT2D eigenvalue weighted by molar-refractivity contribution is -0.327. The molecule has 2 aromatic rings. The average molecular weight is 970 g/mol. The van der Waals surface area contributed by atoms with E-state index in [2.05, 4.69) is 15.5 Å². The molecular formula is C51H59N3O14S. The molecule has 3 aliphatic heterocycles. The van der Waals surface area contributed by atoms with E-state index in [9.17, 15) is 50.1 Å². The fourth-order valence-corrected chi connectivity index (χ4v) is 14.0.